The molecule has 0 saturated carbocycles. The minimum absolute atomic E-state index is 0.331. The highest BCUT2D eigenvalue weighted by atomic mass is 16.5. The van der Waals surface area contributed by atoms with Gasteiger partial charge in [-0.25, -0.2) is 0 Å². The minimum Gasteiger partial charge on any atom is -0.455 e. The standard InChI is InChI=1S/C13H12N4O2/c1-8-4-5-15-7-10(8)12-16-13(19-17-12)11-3-2-9(6-14)18-11/h2-5,7H,6,14H2,1H3. The van der Waals surface area contributed by atoms with Crippen molar-refractivity contribution in [2.75, 3.05) is 0 Å². The number of rotatable bonds is 3. The normalized spacial score (nSPS) is 10.8. The van der Waals surface area contributed by atoms with Crippen LogP contribution in [-0.2, 0) is 6.54 Å². The molecule has 3 heterocycles. The van der Waals surface area contributed by atoms with Crippen LogP contribution >= 0.6 is 0 Å². The monoisotopic (exact) mass is 256 g/mol. The number of hydrogen-bond acceptors (Lipinski definition) is 6. The van der Waals surface area contributed by atoms with E-state index in [1.165, 1.54) is 0 Å². The van der Waals surface area contributed by atoms with Gasteiger partial charge in [0.25, 0.3) is 5.89 Å². The van der Waals surface area contributed by atoms with Crippen molar-refractivity contribution in [3.05, 3.63) is 41.9 Å². The Morgan fingerprint density at radius 3 is 2.89 bits per heavy atom. The molecule has 3 aromatic heterocycles. The van der Waals surface area contributed by atoms with Crippen molar-refractivity contribution in [3.8, 4) is 23.0 Å². The molecule has 0 amide bonds. The van der Waals surface area contributed by atoms with Crippen molar-refractivity contribution >= 4 is 0 Å². The van der Waals surface area contributed by atoms with E-state index < -0.39 is 0 Å². The van der Waals surface area contributed by atoms with Gasteiger partial charge in [-0.05, 0) is 30.7 Å². The van der Waals surface area contributed by atoms with Crippen LogP contribution in [0, 0.1) is 6.92 Å². The van der Waals surface area contributed by atoms with Gasteiger partial charge in [-0.2, -0.15) is 4.98 Å². The molecule has 0 aliphatic rings. The third-order valence-electron chi connectivity index (χ3n) is 2.78. The predicted octanol–water partition coefficient (Wildman–Crippen LogP) is 2.16. The maximum absolute atomic E-state index is 5.49. The van der Waals surface area contributed by atoms with Crippen LogP contribution in [0.2, 0.25) is 0 Å². The Labute approximate surface area is 109 Å². The van der Waals surface area contributed by atoms with Crippen LogP contribution in [0.25, 0.3) is 23.0 Å². The summed E-state index contributed by atoms with van der Waals surface area (Å²) in [4.78, 5) is 8.37. The molecule has 3 rings (SSSR count). The van der Waals surface area contributed by atoms with Gasteiger partial charge in [-0.3, -0.25) is 4.98 Å². The lowest BCUT2D eigenvalue weighted by Gasteiger charge is -1.96. The Bertz CT molecular complexity index is 702. The molecule has 0 aliphatic heterocycles. The molecule has 96 valence electrons. The second kappa shape index (κ2) is 4.66. The van der Waals surface area contributed by atoms with Crippen molar-refractivity contribution in [1.82, 2.24) is 15.1 Å². The zero-order valence-electron chi connectivity index (χ0n) is 10.3. The quantitative estimate of drug-likeness (QED) is 0.772. The Kier molecular flexibility index (Phi) is 2.85. The molecule has 19 heavy (non-hydrogen) atoms. The minimum atomic E-state index is 0.331. The number of aryl methyl sites for hydroxylation is 1. The van der Waals surface area contributed by atoms with Gasteiger partial charge >= 0.3 is 0 Å². The first-order chi connectivity index (χ1) is 9.28. The molecule has 0 unspecified atom stereocenters. The van der Waals surface area contributed by atoms with Crippen LogP contribution in [0.5, 0.6) is 0 Å². The van der Waals surface area contributed by atoms with E-state index in [-0.39, 0.29) is 0 Å². The number of aromatic nitrogens is 3. The lowest BCUT2D eigenvalue weighted by Crippen LogP contribution is -1.92. The fourth-order valence-corrected chi connectivity index (χ4v) is 1.73. The third kappa shape index (κ3) is 2.13. The number of pyridine rings is 1. The summed E-state index contributed by atoms with van der Waals surface area (Å²) in [7, 11) is 0. The van der Waals surface area contributed by atoms with Crippen LogP contribution in [0.1, 0.15) is 11.3 Å². The van der Waals surface area contributed by atoms with E-state index in [9.17, 15) is 0 Å². The lowest BCUT2D eigenvalue weighted by molar-refractivity contribution is 0.412. The van der Waals surface area contributed by atoms with Crippen molar-refractivity contribution in [2.45, 2.75) is 13.5 Å². The van der Waals surface area contributed by atoms with Crippen molar-refractivity contribution in [2.24, 2.45) is 5.73 Å². The molecular formula is C13H12N4O2. The summed E-state index contributed by atoms with van der Waals surface area (Å²) in [5.74, 6) is 2.01. The number of furan rings is 1. The largest absolute Gasteiger partial charge is 0.455 e. The van der Waals surface area contributed by atoms with E-state index in [1.54, 1.807) is 24.5 Å². The van der Waals surface area contributed by atoms with Crippen LogP contribution in [-0.4, -0.2) is 15.1 Å². The Morgan fingerprint density at radius 1 is 1.26 bits per heavy atom. The Morgan fingerprint density at radius 2 is 2.16 bits per heavy atom. The van der Waals surface area contributed by atoms with Gasteiger partial charge in [0.2, 0.25) is 5.82 Å². The molecule has 6 nitrogen and oxygen atoms in total. The molecule has 0 saturated heterocycles. The van der Waals surface area contributed by atoms with E-state index >= 15 is 0 Å². The molecule has 0 fully saturated rings. The first kappa shape index (κ1) is 11.6. The molecule has 6 heteroatoms. The average Bonchev–Trinajstić information content (AvgIpc) is 3.08. The summed E-state index contributed by atoms with van der Waals surface area (Å²) in [6.07, 6.45) is 3.43. The zero-order valence-corrected chi connectivity index (χ0v) is 10.3. The van der Waals surface area contributed by atoms with Gasteiger partial charge in [0, 0.05) is 18.0 Å². The lowest BCUT2D eigenvalue weighted by atomic mass is 10.1. The first-order valence-corrected chi connectivity index (χ1v) is 5.82. The van der Waals surface area contributed by atoms with Crippen LogP contribution in [0.15, 0.2) is 39.5 Å². The average molecular weight is 256 g/mol. The topological polar surface area (TPSA) is 91.0 Å². The second-order valence-electron chi connectivity index (χ2n) is 4.08. The van der Waals surface area contributed by atoms with E-state index in [4.69, 9.17) is 14.7 Å². The smallest absolute Gasteiger partial charge is 0.293 e. The predicted molar refractivity (Wildman–Crippen MR) is 67.9 cm³/mol. The summed E-state index contributed by atoms with van der Waals surface area (Å²) < 4.78 is 10.7. The van der Waals surface area contributed by atoms with Crippen molar-refractivity contribution in [1.29, 1.82) is 0 Å². The first-order valence-electron chi connectivity index (χ1n) is 5.82. The van der Waals surface area contributed by atoms with Crippen LogP contribution < -0.4 is 5.73 Å². The zero-order chi connectivity index (χ0) is 13.2. The third-order valence-corrected chi connectivity index (χ3v) is 2.78. The Balaban J connectivity index is 1.97. The van der Waals surface area contributed by atoms with Crippen LogP contribution in [0.3, 0.4) is 0 Å². The fraction of sp³-hybridized carbons (Fsp3) is 0.154. The maximum Gasteiger partial charge on any atom is 0.293 e. The number of nitrogens with two attached hydrogens (primary N) is 1. The molecule has 0 radical (unpaired) electrons. The molecule has 0 atom stereocenters. The van der Waals surface area contributed by atoms with E-state index in [2.05, 4.69) is 15.1 Å². The highest BCUT2D eigenvalue weighted by Crippen LogP contribution is 2.24. The summed E-state index contributed by atoms with van der Waals surface area (Å²) >= 11 is 0. The highest BCUT2D eigenvalue weighted by Gasteiger charge is 2.15. The molecular weight excluding hydrogens is 244 g/mol. The number of hydrogen-bond donors (Lipinski definition) is 1. The molecule has 0 aliphatic carbocycles. The van der Waals surface area contributed by atoms with Crippen molar-refractivity contribution < 1.29 is 8.94 Å². The fourth-order valence-electron chi connectivity index (χ4n) is 1.73. The van der Waals surface area contributed by atoms with Crippen molar-refractivity contribution in [3.63, 3.8) is 0 Å². The molecule has 0 bridgehead atoms. The maximum atomic E-state index is 5.49. The van der Waals surface area contributed by atoms with Gasteiger partial charge < -0.3 is 14.7 Å². The SMILES string of the molecule is Cc1ccncc1-c1noc(-c2ccc(CN)o2)n1. The summed E-state index contributed by atoms with van der Waals surface area (Å²) in [5.41, 5.74) is 7.36. The van der Waals surface area contributed by atoms with E-state index in [0.29, 0.717) is 29.8 Å². The summed E-state index contributed by atoms with van der Waals surface area (Å²) in [6.45, 7) is 2.30. The van der Waals surface area contributed by atoms with E-state index in [0.717, 1.165) is 11.1 Å². The van der Waals surface area contributed by atoms with Gasteiger partial charge in [0.1, 0.15) is 5.76 Å². The molecule has 0 aromatic carbocycles. The van der Waals surface area contributed by atoms with Gasteiger partial charge in [0.15, 0.2) is 5.76 Å². The van der Waals surface area contributed by atoms with Crippen LogP contribution in [0.4, 0.5) is 0 Å². The molecule has 2 N–H and O–H groups in total. The molecule has 0 spiro atoms. The van der Waals surface area contributed by atoms with Gasteiger partial charge in [-0.1, -0.05) is 5.16 Å². The number of nitrogens with zero attached hydrogens (tertiary/aromatic N) is 3. The summed E-state index contributed by atoms with van der Waals surface area (Å²) in [6, 6.07) is 5.44. The Hall–Kier alpha value is -2.47. The second-order valence-corrected chi connectivity index (χ2v) is 4.08. The van der Waals surface area contributed by atoms with Gasteiger partial charge in [-0.15, -0.1) is 0 Å². The summed E-state index contributed by atoms with van der Waals surface area (Å²) in [5, 5.41) is 3.94. The van der Waals surface area contributed by atoms with Gasteiger partial charge in [0.05, 0.1) is 6.54 Å². The van der Waals surface area contributed by atoms with E-state index in [1.807, 2.05) is 13.0 Å². The highest BCUT2D eigenvalue weighted by molar-refractivity contribution is 5.59. The molecule has 3 aromatic rings.